The van der Waals surface area contributed by atoms with Gasteiger partial charge in [-0.1, -0.05) is 20.8 Å². The Bertz CT molecular complexity index is 201. The predicted octanol–water partition coefficient (Wildman–Crippen LogP) is 1.08. The molecule has 1 atom stereocenters. The van der Waals surface area contributed by atoms with Gasteiger partial charge >= 0.3 is 0 Å². The van der Waals surface area contributed by atoms with Crippen LogP contribution in [-0.4, -0.2) is 36.9 Å². The molecule has 0 aromatic rings. The number of likely N-dealkylation sites (N-methyl/N-ethyl adjacent to an activating group) is 1. The number of rotatable bonds is 3. The lowest BCUT2D eigenvalue weighted by Crippen LogP contribution is -2.50. The fourth-order valence-corrected chi connectivity index (χ4v) is 0.905. The summed E-state index contributed by atoms with van der Waals surface area (Å²) in [6, 6.07) is -0.744. The van der Waals surface area contributed by atoms with Gasteiger partial charge < -0.3 is 10.6 Å². The first kappa shape index (κ1) is 13.3. The number of carbonyl (C=O) groups excluding carboxylic acids is 1. The lowest BCUT2D eigenvalue weighted by atomic mass is 9.86. The second-order valence-corrected chi connectivity index (χ2v) is 4.45. The summed E-state index contributed by atoms with van der Waals surface area (Å²) in [4.78, 5) is 12.5. The van der Waals surface area contributed by atoms with E-state index in [0.29, 0.717) is 0 Å². The molecule has 1 unspecified atom stereocenters. The minimum Gasteiger partial charge on any atom is -0.339 e. The van der Waals surface area contributed by atoms with Gasteiger partial charge in [-0.05, 0) is 5.41 Å². The predicted molar refractivity (Wildman–Crippen MR) is 51.1 cm³/mol. The van der Waals surface area contributed by atoms with Crippen LogP contribution >= 0.6 is 0 Å². The first-order valence-corrected chi connectivity index (χ1v) is 4.45. The van der Waals surface area contributed by atoms with Gasteiger partial charge in [0.2, 0.25) is 5.91 Å². The van der Waals surface area contributed by atoms with E-state index in [1.165, 1.54) is 7.05 Å². The van der Waals surface area contributed by atoms with Crippen LogP contribution in [0.5, 0.6) is 0 Å². The largest absolute Gasteiger partial charge is 0.339 e. The van der Waals surface area contributed by atoms with E-state index in [1.807, 2.05) is 0 Å². The Kier molecular flexibility index (Phi) is 4.45. The van der Waals surface area contributed by atoms with Crippen molar-refractivity contribution in [1.29, 1.82) is 0 Å². The van der Waals surface area contributed by atoms with Crippen molar-refractivity contribution in [3.63, 3.8) is 0 Å². The topological polar surface area (TPSA) is 46.3 Å². The zero-order valence-electron chi connectivity index (χ0n) is 9.05. The maximum Gasteiger partial charge on any atom is 0.255 e. The number of halogens is 2. The Labute approximate surface area is 83.3 Å². The van der Waals surface area contributed by atoms with E-state index in [9.17, 15) is 13.6 Å². The lowest BCUT2D eigenvalue weighted by molar-refractivity contribution is -0.135. The SMILES string of the molecule is CN(CC(F)F)C(=O)C(N)C(C)(C)C. The number of hydrogen-bond acceptors (Lipinski definition) is 2. The molecule has 1 amide bonds. The van der Waals surface area contributed by atoms with Gasteiger partial charge in [-0.15, -0.1) is 0 Å². The molecule has 5 heteroatoms. The molecular weight excluding hydrogens is 190 g/mol. The minimum atomic E-state index is -2.52. The lowest BCUT2D eigenvalue weighted by Gasteiger charge is -2.29. The third kappa shape index (κ3) is 4.00. The van der Waals surface area contributed by atoms with E-state index in [4.69, 9.17) is 5.73 Å². The number of nitrogens with zero attached hydrogens (tertiary/aromatic N) is 1. The molecule has 0 radical (unpaired) electrons. The summed E-state index contributed by atoms with van der Waals surface area (Å²) in [7, 11) is 1.33. The molecule has 0 aliphatic rings. The van der Waals surface area contributed by atoms with Gasteiger partial charge in [0.15, 0.2) is 0 Å². The van der Waals surface area contributed by atoms with Crippen LogP contribution in [0.15, 0.2) is 0 Å². The van der Waals surface area contributed by atoms with Gasteiger partial charge in [0.05, 0.1) is 12.6 Å². The molecule has 3 nitrogen and oxygen atoms in total. The van der Waals surface area contributed by atoms with Crippen molar-refractivity contribution in [1.82, 2.24) is 4.90 Å². The maximum atomic E-state index is 12.0. The van der Waals surface area contributed by atoms with Crippen molar-refractivity contribution in [2.75, 3.05) is 13.6 Å². The highest BCUT2D eigenvalue weighted by molar-refractivity contribution is 5.82. The first-order valence-electron chi connectivity index (χ1n) is 4.45. The zero-order valence-corrected chi connectivity index (χ0v) is 9.05. The van der Waals surface area contributed by atoms with Gasteiger partial charge in [-0.25, -0.2) is 8.78 Å². The Hall–Kier alpha value is -0.710. The maximum absolute atomic E-state index is 12.0. The Morgan fingerprint density at radius 3 is 2.14 bits per heavy atom. The fourth-order valence-electron chi connectivity index (χ4n) is 0.905. The van der Waals surface area contributed by atoms with Crippen LogP contribution in [0.2, 0.25) is 0 Å². The van der Waals surface area contributed by atoms with Crippen molar-refractivity contribution < 1.29 is 13.6 Å². The number of hydrogen-bond donors (Lipinski definition) is 1. The molecular formula is C9H18F2N2O. The highest BCUT2D eigenvalue weighted by Crippen LogP contribution is 2.18. The molecule has 0 fully saturated rings. The Morgan fingerprint density at radius 2 is 1.86 bits per heavy atom. The summed E-state index contributed by atoms with van der Waals surface area (Å²) in [5, 5.41) is 0. The molecule has 84 valence electrons. The minimum absolute atomic E-state index is 0.409. The standard InChI is InChI=1S/C9H18F2N2O/c1-9(2,3)7(12)8(14)13(4)5-6(10)11/h6-7H,5,12H2,1-4H3. The number of nitrogens with two attached hydrogens (primary N) is 1. The van der Waals surface area contributed by atoms with Gasteiger partial charge in [-0.3, -0.25) is 4.79 Å². The molecule has 0 saturated heterocycles. The van der Waals surface area contributed by atoms with Crippen LogP contribution in [0.3, 0.4) is 0 Å². The van der Waals surface area contributed by atoms with Gasteiger partial charge in [0.1, 0.15) is 0 Å². The molecule has 0 aromatic carbocycles. The van der Waals surface area contributed by atoms with E-state index >= 15 is 0 Å². The summed E-state index contributed by atoms with van der Waals surface area (Å²) in [6.45, 7) is 4.83. The van der Waals surface area contributed by atoms with E-state index in [-0.39, 0.29) is 0 Å². The molecule has 0 aromatic heterocycles. The fraction of sp³-hybridized carbons (Fsp3) is 0.889. The number of alkyl halides is 2. The van der Waals surface area contributed by atoms with Crippen molar-refractivity contribution in [3.8, 4) is 0 Å². The van der Waals surface area contributed by atoms with E-state index in [2.05, 4.69) is 0 Å². The molecule has 0 aliphatic carbocycles. The number of carbonyl (C=O) groups is 1. The van der Waals surface area contributed by atoms with Crippen LogP contribution < -0.4 is 5.73 Å². The third-order valence-corrected chi connectivity index (χ3v) is 1.99. The normalized spacial score (nSPS) is 14.3. The molecule has 0 heterocycles. The van der Waals surface area contributed by atoms with E-state index in [1.54, 1.807) is 20.8 Å². The van der Waals surface area contributed by atoms with Gasteiger partial charge in [0.25, 0.3) is 6.43 Å². The quantitative estimate of drug-likeness (QED) is 0.754. The van der Waals surface area contributed by atoms with Gasteiger partial charge in [-0.2, -0.15) is 0 Å². The smallest absolute Gasteiger partial charge is 0.255 e. The second kappa shape index (κ2) is 4.68. The summed E-state index contributed by atoms with van der Waals surface area (Å²) in [5.41, 5.74) is 5.23. The van der Waals surface area contributed by atoms with E-state index in [0.717, 1.165) is 4.90 Å². The first-order chi connectivity index (χ1) is 6.16. The van der Waals surface area contributed by atoms with Crippen LogP contribution in [0, 0.1) is 5.41 Å². The highest BCUT2D eigenvalue weighted by atomic mass is 19.3. The van der Waals surface area contributed by atoms with Crippen LogP contribution in [0.1, 0.15) is 20.8 Å². The van der Waals surface area contributed by atoms with Crippen molar-refractivity contribution in [2.45, 2.75) is 33.2 Å². The molecule has 0 rings (SSSR count). The molecule has 0 spiro atoms. The molecule has 0 saturated carbocycles. The zero-order chi connectivity index (χ0) is 11.5. The average Bonchev–Trinajstić information content (AvgIpc) is 1.98. The number of amides is 1. The summed E-state index contributed by atoms with van der Waals surface area (Å²) in [5.74, 6) is -0.446. The van der Waals surface area contributed by atoms with Crippen LogP contribution in [0.25, 0.3) is 0 Å². The van der Waals surface area contributed by atoms with Gasteiger partial charge in [0, 0.05) is 7.05 Å². The van der Waals surface area contributed by atoms with E-state index < -0.39 is 30.3 Å². The highest BCUT2D eigenvalue weighted by Gasteiger charge is 2.30. The average molecular weight is 208 g/mol. The Balaban J connectivity index is 4.32. The van der Waals surface area contributed by atoms with Crippen molar-refractivity contribution in [3.05, 3.63) is 0 Å². The molecule has 14 heavy (non-hydrogen) atoms. The summed E-state index contributed by atoms with van der Waals surface area (Å²) < 4.78 is 23.9. The molecule has 0 aliphatic heterocycles. The van der Waals surface area contributed by atoms with Crippen molar-refractivity contribution >= 4 is 5.91 Å². The monoisotopic (exact) mass is 208 g/mol. The van der Waals surface area contributed by atoms with Crippen molar-refractivity contribution in [2.24, 2.45) is 11.1 Å². The Morgan fingerprint density at radius 1 is 1.43 bits per heavy atom. The van der Waals surface area contributed by atoms with Crippen LogP contribution in [-0.2, 0) is 4.79 Å². The molecule has 0 bridgehead atoms. The summed E-state index contributed by atoms with van der Waals surface area (Å²) in [6.07, 6.45) is -2.52. The second-order valence-electron chi connectivity index (χ2n) is 4.45. The summed E-state index contributed by atoms with van der Waals surface area (Å²) >= 11 is 0. The van der Waals surface area contributed by atoms with Crippen LogP contribution in [0.4, 0.5) is 8.78 Å². The molecule has 2 N–H and O–H groups in total. The third-order valence-electron chi connectivity index (χ3n) is 1.99.